The van der Waals surface area contributed by atoms with Gasteiger partial charge in [0.15, 0.2) is 5.69 Å². The van der Waals surface area contributed by atoms with Crippen molar-refractivity contribution in [3.05, 3.63) is 39.6 Å². The van der Waals surface area contributed by atoms with Crippen molar-refractivity contribution in [3.8, 4) is 0 Å². The number of aromatic nitrogens is 1. The van der Waals surface area contributed by atoms with Crippen LogP contribution < -0.4 is 0 Å². The molecule has 0 amide bonds. The minimum absolute atomic E-state index is 0.00174. The van der Waals surface area contributed by atoms with Gasteiger partial charge in [-0.1, -0.05) is 27.5 Å². The number of nitrogens with zero attached hydrogens (tertiary/aromatic N) is 1. The Labute approximate surface area is 98.8 Å². The van der Waals surface area contributed by atoms with E-state index in [1.807, 2.05) is 0 Å². The summed E-state index contributed by atoms with van der Waals surface area (Å²) < 4.78 is 0.674. The molecule has 1 aromatic carbocycles. The lowest BCUT2D eigenvalue weighted by Crippen LogP contribution is -2.01. The lowest BCUT2D eigenvalue weighted by Gasteiger charge is -2.05. The number of fused-ring (bicyclic) bond motifs is 1. The van der Waals surface area contributed by atoms with Crippen LogP contribution in [0, 0.1) is 0 Å². The summed E-state index contributed by atoms with van der Waals surface area (Å²) in [6.45, 7) is 0. The van der Waals surface area contributed by atoms with E-state index in [1.54, 1.807) is 18.2 Å². The monoisotopic (exact) mass is 285 g/mol. The molecule has 2 aromatic rings. The van der Waals surface area contributed by atoms with Gasteiger partial charge in [-0.15, -0.1) is 0 Å². The van der Waals surface area contributed by atoms with E-state index in [-0.39, 0.29) is 5.69 Å². The molecule has 0 aliphatic carbocycles. The molecule has 15 heavy (non-hydrogen) atoms. The third kappa shape index (κ3) is 1.70. The molecule has 0 saturated carbocycles. The van der Waals surface area contributed by atoms with Gasteiger partial charge in [0.1, 0.15) is 0 Å². The van der Waals surface area contributed by atoms with E-state index in [9.17, 15) is 4.79 Å². The first-order chi connectivity index (χ1) is 7.11. The molecule has 0 atom stereocenters. The summed E-state index contributed by atoms with van der Waals surface area (Å²) in [6, 6.07) is 5.10. The second kappa shape index (κ2) is 3.79. The first-order valence-corrected chi connectivity index (χ1v) is 5.24. The topological polar surface area (TPSA) is 50.2 Å². The van der Waals surface area contributed by atoms with E-state index in [2.05, 4.69) is 20.9 Å². The van der Waals surface area contributed by atoms with Gasteiger partial charge < -0.3 is 5.11 Å². The highest BCUT2D eigenvalue weighted by Crippen LogP contribution is 2.31. The van der Waals surface area contributed by atoms with Crippen LogP contribution in [0.15, 0.2) is 28.9 Å². The predicted octanol–water partition coefficient (Wildman–Crippen LogP) is 3.35. The third-order valence-electron chi connectivity index (χ3n) is 2.03. The molecule has 0 aliphatic rings. The average Bonchev–Trinajstić information content (AvgIpc) is 2.23. The number of rotatable bonds is 1. The van der Waals surface area contributed by atoms with Crippen molar-refractivity contribution in [1.82, 2.24) is 4.98 Å². The van der Waals surface area contributed by atoms with Gasteiger partial charge in [-0.2, -0.15) is 0 Å². The van der Waals surface area contributed by atoms with Gasteiger partial charge in [-0.05, 0) is 18.2 Å². The smallest absolute Gasteiger partial charge is 0.355 e. The van der Waals surface area contributed by atoms with Crippen LogP contribution in [0.25, 0.3) is 10.8 Å². The molecular formula is C10H5BrClNO2. The van der Waals surface area contributed by atoms with Gasteiger partial charge in [-0.25, -0.2) is 9.78 Å². The number of carbonyl (C=O) groups is 1. The standard InChI is InChI=1S/C10H5BrClNO2/c11-6-1-2-7(12)5-3-4-13-9(8(5)6)10(14)15/h1-4H,(H,14,15). The van der Waals surface area contributed by atoms with Crippen LogP contribution in [0.2, 0.25) is 5.02 Å². The SMILES string of the molecule is O=C(O)c1nccc2c(Cl)ccc(Br)c12. The number of aromatic carboxylic acids is 1. The van der Waals surface area contributed by atoms with Gasteiger partial charge in [0.2, 0.25) is 0 Å². The molecule has 0 bridgehead atoms. The van der Waals surface area contributed by atoms with Crippen molar-refractivity contribution in [2.75, 3.05) is 0 Å². The average molecular weight is 287 g/mol. The molecule has 5 heteroatoms. The molecule has 0 fully saturated rings. The summed E-state index contributed by atoms with van der Waals surface area (Å²) in [6.07, 6.45) is 1.43. The second-order valence-corrected chi connectivity index (χ2v) is 4.18. The van der Waals surface area contributed by atoms with Crippen molar-refractivity contribution >= 4 is 44.3 Å². The van der Waals surface area contributed by atoms with Crippen LogP contribution in [-0.4, -0.2) is 16.1 Å². The van der Waals surface area contributed by atoms with Gasteiger partial charge >= 0.3 is 5.97 Å². The minimum Gasteiger partial charge on any atom is -0.476 e. The van der Waals surface area contributed by atoms with Crippen molar-refractivity contribution in [2.24, 2.45) is 0 Å². The van der Waals surface area contributed by atoms with Crippen LogP contribution in [0.1, 0.15) is 10.5 Å². The van der Waals surface area contributed by atoms with E-state index in [0.717, 1.165) is 0 Å². The summed E-state index contributed by atoms with van der Waals surface area (Å²) in [4.78, 5) is 14.8. The van der Waals surface area contributed by atoms with E-state index < -0.39 is 5.97 Å². The molecular weight excluding hydrogens is 281 g/mol. The molecule has 0 spiro atoms. The van der Waals surface area contributed by atoms with Crippen molar-refractivity contribution in [3.63, 3.8) is 0 Å². The fraction of sp³-hybridized carbons (Fsp3) is 0. The molecule has 0 radical (unpaired) electrons. The first-order valence-electron chi connectivity index (χ1n) is 4.07. The molecule has 0 unspecified atom stereocenters. The van der Waals surface area contributed by atoms with Crippen LogP contribution in [0.5, 0.6) is 0 Å². The summed E-state index contributed by atoms with van der Waals surface area (Å²) in [5.74, 6) is -1.07. The zero-order valence-corrected chi connectivity index (χ0v) is 9.71. The third-order valence-corrected chi connectivity index (χ3v) is 3.02. The van der Waals surface area contributed by atoms with E-state index in [4.69, 9.17) is 16.7 Å². The Morgan fingerprint density at radius 3 is 2.80 bits per heavy atom. The number of pyridine rings is 1. The Morgan fingerprint density at radius 1 is 1.40 bits per heavy atom. The molecule has 0 aliphatic heterocycles. The van der Waals surface area contributed by atoms with Crippen molar-refractivity contribution < 1.29 is 9.90 Å². The van der Waals surface area contributed by atoms with E-state index in [1.165, 1.54) is 6.20 Å². The molecule has 76 valence electrons. The Kier molecular flexibility index (Phi) is 2.63. The van der Waals surface area contributed by atoms with Crippen molar-refractivity contribution in [2.45, 2.75) is 0 Å². The highest BCUT2D eigenvalue weighted by molar-refractivity contribution is 9.10. The maximum absolute atomic E-state index is 11.0. The first kappa shape index (κ1) is 10.4. The van der Waals surface area contributed by atoms with Gasteiger partial charge in [0.25, 0.3) is 0 Å². The molecule has 1 aromatic heterocycles. The molecule has 1 N–H and O–H groups in total. The maximum atomic E-state index is 11.0. The fourth-order valence-corrected chi connectivity index (χ4v) is 2.14. The second-order valence-electron chi connectivity index (χ2n) is 2.92. The zero-order valence-electron chi connectivity index (χ0n) is 7.37. The predicted molar refractivity (Wildman–Crippen MR) is 61.4 cm³/mol. The molecule has 2 rings (SSSR count). The largest absolute Gasteiger partial charge is 0.476 e. The Bertz CT molecular complexity index is 556. The van der Waals surface area contributed by atoms with Gasteiger partial charge in [0, 0.05) is 26.5 Å². The Hall–Kier alpha value is -1.13. The number of hydrogen-bond acceptors (Lipinski definition) is 2. The summed E-state index contributed by atoms with van der Waals surface area (Å²) in [5.41, 5.74) is 0.00174. The number of carboxylic acid groups (broad SMARTS) is 1. The fourth-order valence-electron chi connectivity index (χ4n) is 1.38. The van der Waals surface area contributed by atoms with Gasteiger partial charge in [0.05, 0.1) is 0 Å². The highest BCUT2D eigenvalue weighted by Gasteiger charge is 2.13. The quantitative estimate of drug-likeness (QED) is 0.874. The van der Waals surface area contributed by atoms with Crippen LogP contribution in [0.4, 0.5) is 0 Å². The zero-order chi connectivity index (χ0) is 11.0. The van der Waals surface area contributed by atoms with Crippen LogP contribution in [-0.2, 0) is 0 Å². The summed E-state index contributed by atoms with van der Waals surface area (Å²) >= 11 is 9.25. The number of hydrogen-bond donors (Lipinski definition) is 1. The number of carboxylic acids is 1. The van der Waals surface area contributed by atoms with Crippen molar-refractivity contribution in [1.29, 1.82) is 0 Å². The minimum atomic E-state index is -1.07. The number of benzene rings is 1. The molecule has 1 heterocycles. The molecule has 3 nitrogen and oxygen atoms in total. The summed E-state index contributed by atoms with van der Waals surface area (Å²) in [7, 11) is 0. The molecule has 0 saturated heterocycles. The van der Waals surface area contributed by atoms with Gasteiger partial charge in [-0.3, -0.25) is 0 Å². The maximum Gasteiger partial charge on any atom is 0.355 e. The highest BCUT2D eigenvalue weighted by atomic mass is 79.9. The van der Waals surface area contributed by atoms with Crippen LogP contribution in [0.3, 0.4) is 0 Å². The van der Waals surface area contributed by atoms with E-state index in [0.29, 0.717) is 20.3 Å². The Morgan fingerprint density at radius 2 is 2.13 bits per heavy atom. The normalized spacial score (nSPS) is 10.5. The van der Waals surface area contributed by atoms with E-state index >= 15 is 0 Å². The number of halogens is 2. The Balaban J connectivity index is 2.96. The van der Waals surface area contributed by atoms with Crippen LogP contribution >= 0.6 is 27.5 Å². The summed E-state index contributed by atoms with van der Waals surface area (Å²) in [5, 5.41) is 10.7. The lowest BCUT2D eigenvalue weighted by atomic mass is 10.1. The lowest BCUT2D eigenvalue weighted by molar-refractivity contribution is 0.0693.